The standard InChI is InChI=1S/C23H23ClFN5O/c1-30(2)12-6-4-3-5-7-22(31)28-16-9-11-21-18(13-16)23(27-15-26-21)29-17-8-10-20(25)19(24)14-17/h8-11,13-15H,3-4,6,12H2,1-2H3,(H,28,31)(H,26,27,29). The molecule has 8 heteroatoms. The Morgan fingerprint density at radius 3 is 2.71 bits per heavy atom. The van der Waals surface area contributed by atoms with E-state index in [4.69, 9.17) is 11.6 Å². The van der Waals surface area contributed by atoms with Crippen molar-refractivity contribution in [1.29, 1.82) is 0 Å². The number of halogens is 2. The van der Waals surface area contributed by atoms with E-state index in [2.05, 4.69) is 37.3 Å². The van der Waals surface area contributed by atoms with Crippen LogP contribution in [0.1, 0.15) is 19.3 Å². The fourth-order valence-corrected chi connectivity index (χ4v) is 3.07. The number of hydrogen-bond acceptors (Lipinski definition) is 5. The van der Waals surface area contributed by atoms with E-state index in [1.807, 2.05) is 14.1 Å². The molecule has 0 radical (unpaired) electrons. The first-order valence-corrected chi connectivity index (χ1v) is 10.2. The van der Waals surface area contributed by atoms with Gasteiger partial charge in [-0.2, -0.15) is 0 Å². The highest BCUT2D eigenvalue weighted by Gasteiger charge is 2.08. The molecule has 0 saturated heterocycles. The number of fused-ring (bicyclic) bond motifs is 1. The molecule has 0 atom stereocenters. The summed E-state index contributed by atoms with van der Waals surface area (Å²) in [6, 6.07) is 9.62. The predicted octanol–water partition coefficient (Wildman–Crippen LogP) is 4.84. The van der Waals surface area contributed by atoms with Crippen LogP contribution in [0.15, 0.2) is 42.7 Å². The summed E-state index contributed by atoms with van der Waals surface area (Å²) in [4.78, 5) is 22.8. The summed E-state index contributed by atoms with van der Waals surface area (Å²) >= 11 is 5.85. The van der Waals surface area contributed by atoms with Crippen LogP contribution in [0.4, 0.5) is 21.6 Å². The lowest BCUT2D eigenvalue weighted by molar-refractivity contribution is -0.111. The highest BCUT2D eigenvalue weighted by atomic mass is 35.5. The molecule has 0 saturated carbocycles. The molecule has 0 unspecified atom stereocenters. The van der Waals surface area contributed by atoms with E-state index in [9.17, 15) is 9.18 Å². The molecule has 3 aromatic rings. The van der Waals surface area contributed by atoms with Gasteiger partial charge < -0.3 is 15.5 Å². The molecular weight excluding hydrogens is 417 g/mol. The smallest absolute Gasteiger partial charge is 0.300 e. The zero-order valence-electron chi connectivity index (χ0n) is 17.4. The quantitative estimate of drug-likeness (QED) is 0.407. The molecule has 31 heavy (non-hydrogen) atoms. The molecule has 1 amide bonds. The Hall–Kier alpha value is -3.21. The van der Waals surface area contributed by atoms with Crippen LogP contribution in [0, 0.1) is 17.7 Å². The first kappa shape index (κ1) is 22.5. The van der Waals surface area contributed by atoms with Gasteiger partial charge in [0.2, 0.25) is 0 Å². The first-order chi connectivity index (χ1) is 14.9. The number of amides is 1. The lowest BCUT2D eigenvalue weighted by Gasteiger charge is -2.10. The van der Waals surface area contributed by atoms with E-state index in [1.165, 1.54) is 18.5 Å². The number of nitrogens with one attached hydrogen (secondary N) is 2. The van der Waals surface area contributed by atoms with Crippen LogP contribution in [-0.4, -0.2) is 41.4 Å². The molecule has 2 N–H and O–H groups in total. The molecule has 0 aliphatic carbocycles. The van der Waals surface area contributed by atoms with Crippen LogP contribution >= 0.6 is 11.6 Å². The molecule has 0 fully saturated rings. The van der Waals surface area contributed by atoms with E-state index in [0.29, 0.717) is 34.5 Å². The highest BCUT2D eigenvalue weighted by Crippen LogP contribution is 2.27. The Kier molecular flexibility index (Phi) is 7.76. The summed E-state index contributed by atoms with van der Waals surface area (Å²) in [5.41, 5.74) is 1.85. The van der Waals surface area contributed by atoms with Crippen LogP contribution in [0.25, 0.3) is 10.9 Å². The van der Waals surface area contributed by atoms with Crippen molar-refractivity contribution in [2.75, 3.05) is 31.3 Å². The van der Waals surface area contributed by atoms with Crippen LogP contribution in [0.5, 0.6) is 0 Å². The lowest BCUT2D eigenvalue weighted by Crippen LogP contribution is -2.12. The molecule has 0 aliphatic heterocycles. The Bertz CT molecular complexity index is 1140. The second-order valence-corrected chi connectivity index (χ2v) is 7.63. The van der Waals surface area contributed by atoms with Gasteiger partial charge in [-0.05, 0) is 75.8 Å². The Morgan fingerprint density at radius 1 is 1.13 bits per heavy atom. The largest absolute Gasteiger partial charge is 0.340 e. The van der Waals surface area contributed by atoms with E-state index < -0.39 is 5.82 Å². The summed E-state index contributed by atoms with van der Waals surface area (Å²) in [5.74, 6) is 5.17. The Balaban J connectivity index is 1.69. The van der Waals surface area contributed by atoms with Gasteiger partial charge in [-0.25, -0.2) is 14.4 Å². The third-order valence-corrected chi connectivity index (χ3v) is 4.72. The summed E-state index contributed by atoms with van der Waals surface area (Å²) < 4.78 is 13.4. The van der Waals surface area contributed by atoms with Crippen molar-refractivity contribution in [3.8, 4) is 11.8 Å². The van der Waals surface area contributed by atoms with Crippen molar-refractivity contribution in [2.45, 2.75) is 19.3 Å². The van der Waals surface area contributed by atoms with Crippen molar-refractivity contribution in [1.82, 2.24) is 14.9 Å². The topological polar surface area (TPSA) is 70.2 Å². The summed E-state index contributed by atoms with van der Waals surface area (Å²) in [6.07, 6.45) is 4.11. The minimum atomic E-state index is -0.497. The number of carbonyl (C=O) groups is 1. The van der Waals surface area contributed by atoms with Gasteiger partial charge in [-0.3, -0.25) is 4.79 Å². The van der Waals surface area contributed by atoms with Crippen molar-refractivity contribution < 1.29 is 9.18 Å². The number of anilines is 3. The maximum atomic E-state index is 13.4. The molecule has 6 nitrogen and oxygen atoms in total. The van der Waals surface area contributed by atoms with E-state index in [1.54, 1.807) is 24.3 Å². The second kappa shape index (κ2) is 10.7. The zero-order valence-corrected chi connectivity index (χ0v) is 18.1. The third-order valence-electron chi connectivity index (χ3n) is 4.43. The fourth-order valence-electron chi connectivity index (χ4n) is 2.89. The van der Waals surface area contributed by atoms with Gasteiger partial charge in [0.1, 0.15) is 18.0 Å². The van der Waals surface area contributed by atoms with Crippen LogP contribution < -0.4 is 10.6 Å². The average Bonchev–Trinajstić information content (AvgIpc) is 2.73. The number of hydrogen-bond donors (Lipinski definition) is 2. The number of nitrogens with zero attached hydrogens (tertiary/aromatic N) is 3. The summed E-state index contributed by atoms with van der Waals surface area (Å²) in [5, 5.41) is 6.59. The summed E-state index contributed by atoms with van der Waals surface area (Å²) in [6.45, 7) is 1.01. The van der Waals surface area contributed by atoms with Gasteiger partial charge in [0.05, 0.1) is 10.5 Å². The van der Waals surface area contributed by atoms with Gasteiger partial charge in [-0.15, -0.1) is 0 Å². The monoisotopic (exact) mass is 439 g/mol. The third kappa shape index (κ3) is 6.64. The van der Waals surface area contributed by atoms with Gasteiger partial charge in [-0.1, -0.05) is 17.5 Å². The normalized spacial score (nSPS) is 10.6. The molecule has 0 bridgehead atoms. The Labute approximate surface area is 185 Å². The van der Waals surface area contributed by atoms with E-state index in [-0.39, 0.29) is 10.9 Å². The first-order valence-electron chi connectivity index (χ1n) is 9.84. The maximum Gasteiger partial charge on any atom is 0.300 e. The fraction of sp³-hybridized carbons (Fsp3) is 0.261. The molecular formula is C23H23ClFN5O. The van der Waals surface area contributed by atoms with Gasteiger partial charge in [0.15, 0.2) is 0 Å². The lowest BCUT2D eigenvalue weighted by atomic mass is 10.2. The second-order valence-electron chi connectivity index (χ2n) is 7.22. The van der Waals surface area contributed by atoms with Crippen LogP contribution in [-0.2, 0) is 4.79 Å². The van der Waals surface area contributed by atoms with Crippen LogP contribution in [0.2, 0.25) is 5.02 Å². The van der Waals surface area contributed by atoms with Crippen molar-refractivity contribution in [3.63, 3.8) is 0 Å². The zero-order chi connectivity index (χ0) is 22.2. The molecule has 0 spiro atoms. The molecule has 3 rings (SSSR count). The molecule has 160 valence electrons. The maximum absolute atomic E-state index is 13.4. The molecule has 0 aliphatic rings. The average molecular weight is 440 g/mol. The van der Waals surface area contributed by atoms with Crippen LogP contribution in [0.3, 0.4) is 0 Å². The Morgan fingerprint density at radius 2 is 1.94 bits per heavy atom. The van der Waals surface area contributed by atoms with Crippen molar-refractivity contribution in [3.05, 3.63) is 53.6 Å². The van der Waals surface area contributed by atoms with Gasteiger partial charge in [0, 0.05) is 23.2 Å². The van der Waals surface area contributed by atoms with E-state index in [0.717, 1.165) is 19.4 Å². The highest BCUT2D eigenvalue weighted by molar-refractivity contribution is 6.31. The van der Waals surface area contributed by atoms with Gasteiger partial charge in [0.25, 0.3) is 5.91 Å². The minimum Gasteiger partial charge on any atom is -0.340 e. The number of carbonyl (C=O) groups excluding carboxylic acids is 1. The number of benzene rings is 2. The number of rotatable bonds is 7. The van der Waals surface area contributed by atoms with Gasteiger partial charge >= 0.3 is 0 Å². The minimum absolute atomic E-state index is 0.0107. The van der Waals surface area contributed by atoms with Crippen molar-refractivity contribution >= 4 is 45.6 Å². The molecule has 2 aromatic carbocycles. The predicted molar refractivity (Wildman–Crippen MR) is 123 cm³/mol. The van der Waals surface area contributed by atoms with Crippen molar-refractivity contribution in [2.24, 2.45) is 0 Å². The SMILES string of the molecule is CN(C)CCCCC#CC(=O)Nc1ccc2ncnc(Nc3ccc(F)c(Cl)c3)c2c1. The van der Waals surface area contributed by atoms with E-state index >= 15 is 0 Å². The number of unbranched alkanes of at least 4 members (excludes halogenated alkanes) is 2. The summed E-state index contributed by atoms with van der Waals surface area (Å²) in [7, 11) is 4.06. The molecule has 1 aromatic heterocycles. The number of aromatic nitrogens is 2. The molecule has 1 heterocycles.